The highest BCUT2D eigenvalue weighted by Crippen LogP contribution is 2.23. The summed E-state index contributed by atoms with van der Waals surface area (Å²) in [5.74, 6) is 2.03. The second-order valence-electron chi connectivity index (χ2n) is 7.97. The number of amides is 1. The smallest absolute Gasteiger partial charge is 0.247 e. The molecule has 32 heavy (non-hydrogen) atoms. The molecular formula is C22H30N6O4. The maximum absolute atomic E-state index is 11.6. The summed E-state index contributed by atoms with van der Waals surface area (Å²) in [4.78, 5) is 11.6. The molecule has 0 aliphatic rings. The Hall–Kier alpha value is -3.27. The van der Waals surface area contributed by atoms with Crippen LogP contribution >= 0.6 is 0 Å². The minimum absolute atomic E-state index is 0.0220. The second kappa shape index (κ2) is 11.4. The van der Waals surface area contributed by atoms with Crippen molar-refractivity contribution >= 4 is 5.91 Å². The van der Waals surface area contributed by atoms with Gasteiger partial charge >= 0.3 is 0 Å². The number of hydrogen-bond donors (Lipinski definition) is 1. The van der Waals surface area contributed by atoms with Crippen molar-refractivity contribution in [2.45, 2.75) is 59.2 Å². The average Bonchev–Trinajstić information content (AvgIpc) is 3.41. The van der Waals surface area contributed by atoms with Gasteiger partial charge in [0.1, 0.15) is 18.1 Å². The number of carbonyl (C=O) groups is 1. The zero-order valence-corrected chi connectivity index (χ0v) is 18.9. The van der Waals surface area contributed by atoms with Crippen molar-refractivity contribution in [2.75, 3.05) is 13.2 Å². The SMILES string of the molecule is CC(C)NC(=O)CCOCc1cn(CCOc2ccc(-c3nnc(C(C)C)o3)cc2)nn1. The van der Waals surface area contributed by atoms with Crippen molar-refractivity contribution in [3.8, 4) is 17.2 Å². The number of ether oxygens (including phenoxy) is 2. The van der Waals surface area contributed by atoms with E-state index < -0.39 is 0 Å². The van der Waals surface area contributed by atoms with E-state index >= 15 is 0 Å². The molecule has 1 amide bonds. The van der Waals surface area contributed by atoms with E-state index in [1.165, 1.54) is 0 Å². The normalized spacial score (nSPS) is 11.3. The largest absolute Gasteiger partial charge is 0.492 e. The van der Waals surface area contributed by atoms with Gasteiger partial charge < -0.3 is 19.2 Å². The molecule has 0 atom stereocenters. The predicted molar refractivity (Wildman–Crippen MR) is 117 cm³/mol. The average molecular weight is 443 g/mol. The Balaban J connectivity index is 1.37. The molecule has 0 fully saturated rings. The van der Waals surface area contributed by atoms with Gasteiger partial charge in [-0.3, -0.25) is 4.79 Å². The quantitative estimate of drug-likeness (QED) is 0.426. The maximum atomic E-state index is 11.6. The number of carbonyl (C=O) groups excluding carboxylic acids is 1. The van der Waals surface area contributed by atoms with Gasteiger partial charge in [-0.25, -0.2) is 4.68 Å². The standard InChI is InChI=1S/C22H30N6O4/c1-15(2)21-25-26-22(32-21)17-5-7-19(8-6-17)31-12-10-28-13-18(24-27-28)14-30-11-9-20(29)23-16(3)4/h5-8,13,15-16H,9-12,14H2,1-4H3,(H,23,29). The van der Waals surface area contributed by atoms with E-state index in [4.69, 9.17) is 13.9 Å². The molecule has 0 saturated carbocycles. The van der Waals surface area contributed by atoms with E-state index in [0.717, 1.165) is 11.3 Å². The minimum Gasteiger partial charge on any atom is -0.492 e. The Kier molecular flexibility index (Phi) is 8.32. The van der Waals surface area contributed by atoms with E-state index in [1.54, 1.807) is 4.68 Å². The van der Waals surface area contributed by atoms with Crippen LogP contribution in [0.25, 0.3) is 11.5 Å². The van der Waals surface area contributed by atoms with Crippen LogP contribution in [0.15, 0.2) is 34.9 Å². The number of nitrogens with one attached hydrogen (secondary N) is 1. The molecule has 3 aromatic rings. The highest BCUT2D eigenvalue weighted by Gasteiger charge is 2.11. The van der Waals surface area contributed by atoms with Crippen LogP contribution in [-0.2, 0) is 22.7 Å². The molecule has 0 bridgehead atoms. The molecule has 0 spiro atoms. The Bertz CT molecular complexity index is 980. The third-order valence-corrected chi connectivity index (χ3v) is 4.38. The summed E-state index contributed by atoms with van der Waals surface area (Å²) in [6.45, 7) is 9.51. The van der Waals surface area contributed by atoms with Crippen molar-refractivity contribution in [1.29, 1.82) is 0 Å². The number of nitrogens with zero attached hydrogens (tertiary/aromatic N) is 5. The van der Waals surface area contributed by atoms with E-state index in [2.05, 4.69) is 25.8 Å². The van der Waals surface area contributed by atoms with Gasteiger partial charge in [-0.2, -0.15) is 0 Å². The Morgan fingerprint density at radius 1 is 1.09 bits per heavy atom. The predicted octanol–water partition coefficient (Wildman–Crippen LogP) is 2.96. The van der Waals surface area contributed by atoms with Gasteiger partial charge in [0.05, 0.1) is 26.0 Å². The third-order valence-electron chi connectivity index (χ3n) is 4.38. The molecule has 10 nitrogen and oxygen atoms in total. The van der Waals surface area contributed by atoms with Crippen LogP contribution in [-0.4, -0.2) is 50.4 Å². The van der Waals surface area contributed by atoms with Crippen molar-refractivity contribution in [2.24, 2.45) is 0 Å². The van der Waals surface area contributed by atoms with Crippen LogP contribution in [0.1, 0.15) is 51.6 Å². The fourth-order valence-electron chi connectivity index (χ4n) is 2.79. The third kappa shape index (κ3) is 7.16. The second-order valence-corrected chi connectivity index (χ2v) is 7.97. The summed E-state index contributed by atoms with van der Waals surface area (Å²) >= 11 is 0. The van der Waals surface area contributed by atoms with Crippen LogP contribution in [0.4, 0.5) is 0 Å². The van der Waals surface area contributed by atoms with Gasteiger partial charge in [0, 0.05) is 23.9 Å². The van der Waals surface area contributed by atoms with E-state index in [-0.39, 0.29) is 17.9 Å². The van der Waals surface area contributed by atoms with Crippen LogP contribution < -0.4 is 10.1 Å². The Labute approximate surface area is 187 Å². The number of hydrogen-bond acceptors (Lipinski definition) is 8. The first-order valence-electron chi connectivity index (χ1n) is 10.7. The maximum Gasteiger partial charge on any atom is 0.247 e. The van der Waals surface area contributed by atoms with Crippen molar-refractivity contribution in [3.05, 3.63) is 42.0 Å². The molecule has 1 N–H and O–H groups in total. The van der Waals surface area contributed by atoms with E-state index in [9.17, 15) is 4.79 Å². The lowest BCUT2D eigenvalue weighted by atomic mass is 10.2. The van der Waals surface area contributed by atoms with Crippen LogP contribution in [0.2, 0.25) is 0 Å². The molecule has 0 radical (unpaired) electrons. The Morgan fingerprint density at radius 3 is 2.56 bits per heavy atom. The van der Waals surface area contributed by atoms with Crippen molar-refractivity contribution < 1.29 is 18.7 Å². The first kappa shape index (κ1) is 23.4. The zero-order valence-electron chi connectivity index (χ0n) is 18.9. The van der Waals surface area contributed by atoms with Crippen LogP contribution in [0.3, 0.4) is 0 Å². The summed E-state index contributed by atoms with van der Waals surface area (Å²) in [6, 6.07) is 7.64. The van der Waals surface area contributed by atoms with Gasteiger partial charge in [0.25, 0.3) is 0 Å². The topological polar surface area (TPSA) is 117 Å². The van der Waals surface area contributed by atoms with E-state index in [1.807, 2.05) is 58.2 Å². The molecule has 172 valence electrons. The molecule has 3 rings (SSSR count). The summed E-state index contributed by atoms with van der Waals surface area (Å²) in [7, 11) is 0. The fourth-order valence-corrected chi connectivity index (χ4v) is 2.79. The summed E-state index contributed by atoms with van der Waals surface area (Å²) < 4.78 is 18.6. The van der Waals surface area contributed by atoms with Crippen molar-refractivity contribution in [3.63, 3.8) is 0 Å². The van der Waals surface area contributed by atoms with Gasteiger partial charge in [-0.15, -0.1) is 15.3 Å². The highest BCUT2D eigenvalue weighted by molar-refractivity contribution is 5.76. The molecule has 1 aromatic carbocycles. The number of rotatable bonds is 12. The lowest BCUT2D eigenvalue weighted by Gasteiger charge is -2.07. The van der Waals surface area contributed by atoms with Gasteiger partial charge in [-0.05, 0) is 38.1 Å². The van der Waals surface area contributed by atoms with Gasteiger partial charge in [0.2, 0.25) is 17.7 Å². The Morgan fingerprint density at radius 2 is 1.88 bits per heavy atom. The van der Waals surface area contributed by atoms with Crippen LogP contribution in [0, 0.1) is 0 Å². The molecule has 2 heterocycles. The van der Waals surface area contributed by atoms with Gasteiger partial charge in [0.15, 0.2) is 0 Å². The summed E-state index contributed by atoms with van der Waals surface area (Å²) in [5.41, 5.74) is 1.55. The lowest BCUT2D eigenvalue weighted by Crippen LogP contribution is -2.30. The monoisotopic (exact) mass is 442 g/mol. The number of aromatic nitrogens is 5. The van der Waals surface area contributed by atoms with Crippen LogP contribution in [0.5, 0.6) is 5.75 Å². The number of benzene rings is 1. The minimum atomic E-state index is -0.0220. The molecule has 0 unspecified atom stereocenters. The summed E-state index contributed by atoms with van der Waals surface area (Å²) in [5, 5.41) is 19.1. The lowest BCUT2D eigenvalue weighted by molar-refractivity contribution is -0.122. The van der Waals surface area contributed by atoms with Crippen molar-refractivity contribution in [1.82, 2.24) is 30.5 Å². The molecule has 2 aromatic heterocycles. The van der Waals surface area contributed by atoms with Gasteiger partial charge in [-0.1, -0.05) is 19.1 Å². The molecule has 10 heteroatoms. The first-order chi connectivity index (χ1) is 15.4. The molecule has 0 saturated heterocycles. The highest BCUT2D eigenvalue weighted by atomic mass is 16.5. The zero-order chi connectivity index (χ0) is 22.9. The van der Waals surface area contributed by atoms with E-state index in [0.29, 0.717) is 50.3 Å². The molecule has 0 aliphatic carbocycles. The fraction of sp³-hybridized carbons (Fsp3) is 0.500. The molecular weight excluding hydrogens is 412 g/mol. The molecule has 0 aliphatic heterocycles. The first-order valence-corrected chi connectivity index (χ1v) is 10.7. The summed E-state index contributed by atoms with van der Waals surface area (Å²) in [6.07, 6.45) is 2.13.